The summed E-state index contributed by atoms with van der Waals surface area (Å²) >= 11 is 0. The molecular formula is C40H77NO2. The summed E-state index contributed by atoms with van der Waals surface area (Å²) < 4.78 is 0. The molecule has 0 aliphatic carbocycles. The van der Waals surface area contributed by atoms with Gasteiger partial charge in [-0.2, -0.15) is 0 Å². The molecule has 1 aliphatic rings. The Morgan fingerprint density at radius 1 is 0.488 bits per heavy atom. The van der Waals surface area contributed by atoms with E-state index in [4.69, 9.17) is 4.84 Å². The van der Waals surface area contributed by atoms with Crippen molar-refractivity contribution >= 4 is 11.5 Å². The van der Waals surface area contributed by atoms with Gasteiger partial charge in [-0.05, 0) is 19.3 Å². The number of Topliss-reactive ketones (excluding diaryl/α,β-unsaturated/α-hetero) is 1. The van der Waals surface area contributed by atoms with Crippen molar-refractivity contribution in [2.45, 2.75) is 245 Å². The first kappa shape index (κ1) is 40.2. The molecule has 1 unspecified atom stereocenters. The molecule has 254 valence electrons. The molecule has 0 aromatic rings. The molecule has 0 fully saturated rings. The first-order valence-corrected chi connectivity index (χ1v) is 20.0. The third kappa shape index (κ3) is 27.2. The Morgan fingerprint density at radius 2 is 0.791 bits per heavy atom. The smallest absolute Gasteiger partial charge is 0.180 e. The number of unbranched alkanes of at least 4 members (excludes halogenated alkanes) is 30. The second kappa shape index (κ2) is 32.5. The zero-order valence-electron chi connectivity index (χ0n) is 29.6. The number of oxime groups is 1. The maximum Gasteiger partial charge on any atom is 0.180 e. The first-order valence-electron chi connectivity index (χ1n) is 20.0. The summed E-state index contributed by atoms with van der Waals surface area (Å²) in [6.45, 7) is 4.59. The average molecular weight is 604 g/mol. The number of hydrogen-bond donors (Lipinski definition) is 0. The molecule has 3 nitrogen and oxygen atoms in total. The highest BCUT2D eigenvalue weighted by Crippen LogP contribution is 2.21. The highest BCUT2D eigenvalue weighted by Gasteiger charge is 2.25. The Kier molecular flexibility index (Phi) is 30.4. The highest BCUT2D eigenvalue weighted by atomic mass is 16.6. The normalized spacial score (nSPS) is 14.7. The molecule has 1 aliphatic heterocycles. The predicted octanol–water partition coefficient (Wildman–Crippen LogP) is 14.0. The number of rotatable bonds is 35. The predicted molar refractivity (Wildman–Crippen MR) is 190 cm³/mol. The van der Waals surface area contributed by atoms with Crippen molar-refractivity contribution in [3.05, 3.63) is 0 Å². The molecule has 0 bridgehead atoms. The third-order valence-corrected chi connectivity index (χ3v) is 9.69. The van der Waals surface area contributed by atoms with E-state index in [2.05, 4.69) is 19.0 Å². The first-order chi connectivity index (χ1) is 21.3. The quantitative estimate of drug-likeness (QED) is 0.0676. The van der Waals surface area contributed by atoms with E-state index in [1.54, 1.807) is 0 Å². The van der Waals surface area contributed by atoms with Crippen LogP contribution in [0.4, 0.5) is 0 Å². The van der Waals surface area contributed by atoms with Crippen molar-refractivity contribution in [1.29, 1.82) is 0 Å². The van der Waals surface area contributed by atoms with Gasteiger partial charge >= 0.3 is 0 Å². The Labute approximate surface area is 270 Å². The van der Waals surface area contributed by atoms with Crippen molar-refractivity contribution in [3.63, 3.8) is 0 Å². The molecule has 0 N–H and O–H groups in total. The molecule has 0 amide bonds. The summed E-state index contributed by atoms with van der Waals surface area (Å²) in [5.74, 6) is 0.236. The monoisotopic (exact) mass is 604 g/mol. The summed E-state index contributed by atoms with van der Waals surface area (Å²) in [6.07, 6.45) is 46.8. The minimum atomic E-state index is 0.149. The Morgan fingerprint density at radius 3 is 1.14 bits per heavy atom. The molecule has 1 atom stereocenters. The van der Waals surface area contributed by atoms with Crippen LogP contribution >= 0.6 is 0 Å². The SMILES string of the molecule is CCCCCCCCCCCCCCCCCCC(=O)C1=NOC(CCCCCCCCCCCCCCCCCC)C1. The Balaban J connectivity index is 1.79. The van der Waals surface area contributed by atoms with Gasteiger partial charge in [-0.25, -0.2) is 0 Å². The fraction of sp³-hybridized carbons (Fsp3) is 0.950. The topological polar surface area (TPSA) is 38.7 Å². The van der Waals surface area contributed by atoms with Gasteiger partial charge in [0.1, 0.15) is 11.8 Å². The highest BCUT2D eigenvalue weighted by molar-refractivity contribution is 6.40. The third-order valence-electron chi connectivity index (χ3n) is 9.69. The van der Waals surface area contributed by atoms with Crippen molar-refractivity contribution < 1.29 is 9.63 Å². The standard InChI is InChI=1S/C40H77NO2/c1-3-5-7-9-11-13-15-17-19-21-23-25-27-29-31-33-35-38-37-39(41-43-38)40(42)36-34-32-30-28-26-24-22-20-18-16-14-12-10-8-6-4-2/h38H,3-37H2,1-2H3. The number of hydrogen-bond acceptors (Lipinski definition) is 3. The lowest BCUT2D eigenvalue weighted by molar-refractivity contribution is -0.113. The molecule has 0 aromatic heterocycles. The molecule has 0 aromatic carbocycles. The zero-order chi connectivity index (χ0) is 30.9. The average Bonchev–Trinajstić information content (AvgIpc) is 3.49. The Hall–Kier alpha value is -0.860. The summed E-state index contributed by atoms with van der Waals surface area (Å²) in [6, 6.07) is 0. The van der Waals surface area contributed by atoms with Crippen LogP contribution in [0.25, 0.3) is 0 Å². The lowest BCUT2D eigenvalue weighted by Gasteiger charge is -2.07. The van der Waals surface area contributed by atoms with E-state index in [1.165, 1.54) is 199 Å². The number of carbonyl (C=O) groups is 1. The van der Waals surface area contributed by atoms with Gasteiger partial charge in [-0.3, -0.25) is 4.79 Å². The Bertz CT molecular complexity index is 616. The summed E-state index contributed by atoms with van der Waals surface area (Å²) in [4.78, 5) is 18.2. The van der Waals surface area contributed by atoms with E-state index in [1.807, 2.05) is 0 Å². The van der Waals surface area contributed by atoms with Gasteiger partial charge in [0.15, 0.2) is 5.78 Å². The van der Waals surface area contributed by atoms with Crippen LogP contribution in [0.1, 0.15) is 239 Å². The fourth-order valence-electron chi connectivity index (χ4n) is 6.65. The zero-order valence-corrected chi connectivity index (χ0v) is 29.6. The van der Waals surface area contributed by atoms with Gasteiger partial charge in [0, 0.05) is 12.8 Å². The van der Waals surface area contributed by atoms with Crippen LogP contribution in [0.2, 0.25) is 0 Å². The van der Waals surface area contributed by atoms with Gasteiger partial charge in [0.05, 0.1) is 0 Å². The van der Waals surface area contributed by atoms with E-state index in [0.717, 1.165) is 19.3 Å². The van der Waals surface area contributed by atoms with E-state index in [-0.39, 0.29) is 11.9 Å². The van der Waals surface area contributed by atoms with Gasteiger partial charge < -0.3 is 4.84 Å². The van der Waals surface area contributed by atoms with Crippen molar-refractivity contribution in [3.8, 4) is 0 Å². The van der Waals surface area contributed by atoms with Crippen molar-refractivity contribution in [1.82, 2.24) is 0 Å². The lowest BCUT2D eigenvalue weighted by atomic mass is 9.99. The van der Waals surface area contributed by atoms with E-state index in [9.17, 15) is 4.79 Å². The maximum atomic E-state index is 12.6. The minimum Gasteiger partial charge on any atom is -0.392 e. The molecule has 1 heterocycles. The number of ketones is 1. The van der Waals surface area contributed by atoms with Crippen molar-refractivity contribution in [2.24, 2.45) is 5.16 Å². The van der Waals surface area contributed by atoms with Crippen LogP contribution in [0.5, 0.6) is 0 Å². The molecule has 0 spiro atoms. The molecule has 3 heteroatoms. The fourth-order valence-corrected chi connectivity index (χ4v) is 6.65. The second-order valence-electron chi connectivity index (χ2n) is 14.0. The number of carbonyl (C=O) groups excluding carboxylic acids is 1. The molecule has 0 saturated heterocycles. The maximum absolute atomic E-state index is 12.6. The van der Waals surface area contributed by atoms with E-state index < -0.39 is 0 Å². The van der Waals surface area contributed by atoms with Crippen LogP contribution in [0.3, 0.4) is 0 Å². The van der Waals surface area contributed by atoms with Crippen LogP contribution in [-0.2, 0) is 9.63 Å². The van der Waals surface area contributed by atoms with Crippen LogP contribution < -0.4 is 0 Å². The lowest BCUT2D eigenvalue weighted by Crippen LogP contribution is -2.15. The molecule has 0 saturated carbocycles. The summed E-state index contributed by atoms with van der Waals surface area (Å²) in [5, 5.41) is 4.17. The summed E-state index contributed by atoms with van der Waals surface area (Å²) in [5.41, 5.74) is 0.711. The largest absolute Gasteiger partial charge is 0.392 e. The summed E-state index contributed by atoms with van der Waals surface area (Å²) in [7, 11) is 0. The molecule has 43 heavy (non-hydrogen) atoms. The van der Waals surface area contributed by atoms with E-state index >= 15 is 0 Å². The molecule has 0 radical (unpaired) electrons. The van der Waals surface area contributed by atoms with Gasteiger partial charge in [-0.15, -0.1) is 0 Å². The van der Waals surface area contributed by atoms with Gasteiger partial charge in [-0.1, -0.05) is 212 Å². The van der Waals surface area contributed by atoms with Gasteiger partial charge in [0.2, 0.25) is 0 Å². The van der Waals surface area contributed by atoms with Gasteiger partial charge in [0.25, 0.3) is 0 Å². The minimum absolute atomic E-state index is 0.149. The van der Waals surface area contributed by atoms with Crippen LogP contribution in [0.15, 0.2) is 5.16 Å². The second-order valence-corrected chi connectivity index (χ2v) is 14.0. The van der Waals surface area contributed by atoms with Crippen LogP contribution in [0, 0.1) is 0 Å². The number of nitrogens with zero attached hydrogens (tertiary/aromatic N) is 1. The molecular weight excluding hydrogens is 526 g/mol. The van der Waals surface area contributed by atoms with E-state index in [0.29, 0.717) is 12.1 Å². The van der Waals surface area contributed by atoms with Crippen molar-refractivity contribution in [2.75, 3.05) is 0 Å². The molecule has 1 rings (SSSR count). The van der Waals surface area contributed by atoms with Crippen LogP contribution in [-0.4, -0.2) is 17.6 Å².